The number of phenols is 1. The Morgan fingerprint density at radius 2 is 1.67 bits per heavy atom. The van der Waals surface area contributed by atoms with Gasteiger partial charge < -0.3 is 31.5 Å². The van der Waals surface area contributed by atoms with Crippen LogP contribution in [0.5, 0.6) is 5.75 Å². The molecule has 4 atom stereocenters. The van der Waals surface area contributed by atoms with Gasteiger partial charge >= 0.3 is 0 Å². The van der Waals surface area contributed by atoms with Gasteiger partial charge in [-0.3, -0.25) is 19.3 Å². The largest absolute Gasteiger partial charge is 0.508 e. The maximum Gasteiger partial charge on any atom is 0.255 e. The summed E-state index contributed by atoms with van der Waals surface area (Å²) in [6.07, 6.45) is 0.249. The summed E-state index contributed by atoms with van der Waals surface area (Å²) in [5.74, 6) is -6.71. The van der Waals surface area contributed by atoms with Crippen molar-refractivity contribution in [2.24, 2.45) is 17.6 Å². The molecule has 10 nitrogen and oxygen atoms in total. The Morgan fingerprint density at radius 3 is 2.36 bits per heavy atom. The number of carbonyl (C=O) groups is 3. The molecule has 6 rings (SSSR count). The van der Waals surface area contributed by atoms with Crippen LogP contribution in [0, 0.1) is 11.8 Å². The molecule has 0 aromatic heterocycles. The molecule has 3 aliphatic carbocycles. The summed E-state index contributed by atoms with van der Waals surface area (Å²) in [5, 5.41) is 48.7. The van der Waals surface area contributed by atoms with Crippen LogP contribution in [0.1, 0.15) is 28.7 Å². The maximum absolute atomic E-state index is 14.1. The molecule has 7 N–H and O–H groups in total. The molecule has 3 aromatic carbocycles. The van der Waals surface area contributed by atoms with E-state index in [0.29, 0.717) is 18.7 Å². The summed E-state index contributed by atoms with van der Waals surface area (Å²) in [6.45, 7) is 1.31. The van der Waals surface area contributed by atoms with E-state index in [4.69, 9.17) is 5.73 Å². The minimum atomic E-state index is -2.67. The number of nitrogens with one attached hydrogen (secondary N) is 1. The van der Waals surface area contributed by atoms with Crippen molar-refractivity contribution < 1.29 is 34.8 Å². The smallest absolute Gasteiger partial charge is 0.255 e. The van der Waals surface area contributed by atoms with E-state index in [0.717, 1.165) is 16.7 Å². The second kappa shape index (κ2) is 11.3. The number of aliphatic hydroxyl groups is 3. The highest BCUT2D eigenvalue weighted by atomic mass is 16.3. The van der Waals surface area contributed by atoms with Gasteiger partial charge in [0.2, 0.25) is 5.78 Å². The third-order valence-corrected chi connectivity index (χ3v) is 9.34. The van der Waals surface area contributed by atoms with E-state index < -0.39 is 58.0 Å². The van der Waals surface area contributed by atoms with Crippen molar-refractivity contribution in [1.29, 1.82) is 0 Å². The van der Waals surface area contributed by atoms with E-state index in [1.807, 2.05) is 42.5 Å². The highest BCUT2D eigenvalue weighted by Crippen LogP contribution is 2.53. The zero-order valence-electron chi connectivity index (χ0n) is 24.9. The first-order valence-electron chi connectivity index (χ1n) is 14.8. The number of fused-ring (bicyclic) bond motifs is 3. The van der Waals surface area contributed by atoms with Crippen LogP contribution in [0.3, 0.4) is 0 Å². The van der Waals surface area contributed by atoms with Crippen LogP contribution in [-0.4, -0.2) is 68.5 Å². The van der Waals surface area contributed by atoms with Gasteiger partial charge in [0.25, 0.3) is 5.91 Å². The van der Waals surface area contributed by atoms with Crippen molar-refractivity contribution in [3.8, 4) is 16.9 Å². The maximum atomic E-state index is 14.1. The van der Waals surface area contributed by atoms with E-state index >= 15 is 0 Å². The normalized spacial score (nSPS) is 24.4. The van der Waals surface area contributed by atoms with Gasteiger partial charge in [-0.1, -0.05) is 54.6 Å². The number of rotatable bonds is 7. The summed E-state index contributed by atoms with van der Waals surface area (Å²) in [5.41, 5.74) is 6.22. The Hall–Kier alpha value is -4.77. The van der Waals surface area contributed by atoms with Gasteiger partial charge in [-0.15, -0.1) is 0 Å². The van der Waals surface area contributed by atoms with Crippen LogP contribution in [0.2, 0.25) is 0 Å². The predicted octanol–water partition coefficient (Wildman–Crippen LogP) is 2.92. The van der Waals surface area contributed by atoms with Gasteiger partial charge in [0.1, 0.15) is 22.8 Å². The quantitative estimate of drug-likeness (QED) is 0.220. The van der Waals surface area contributed by atoms with Crippen LogP contribution in [0.4, 0.5) is 0 Å². The standard InChI is InChI=1S/C35H35N3O7/c1-38(2)29-24-15-21-14-23-22(20-10-6-9-19(13-20)17-37-16-18-7-4-3-5-8-18)11-12-25(39)27(23)30(40)26(21)32(42)35(24,45)33(43)28(31(29)41)34(36)44/h3-13,21,24,29,37,39-40,43,45H,14-17H2,1-2H3,(H2,36,44). The Balaban J connectivity index is 1.40. The first-order valence-corrected chi connectivity index (χ1v) is 14.8. The molecule has 3 aliphatic rings. The molecule has 0 spiro atoms. The molecule has 10 heteroatoms. The number of ketones is 2. The molecule has 45 heavy (non-hydrogen) atoms. The Kier molecular flexibility index (Phi) is 7.60. The monoisotopic (exact) mass is 609 g/mol. The fourth-order valence-corrected chi connectivity index (χ4v) is 7.31. The number of aromatic hydroxyl groups is 1. The highest BCUT2D eigenvalue weighted by molar-refractivity contribution is 6.24. The summed E-state index contributed by atoms with van der Waals surface area (Å²) in [6, 6.07) is 20.0. The van der Waals surface area contributed by atoms with Crippen molar-refractivity contribution >= 4 is 23.2 Å². The number of hydrogen-bond donors (Lipinski definition) is 6. The third kappa shape index (κ3) is 4.82. The SMILES string of the molecule is CN(C)C1C(=O)C(C(N)=O)=C(O)C2(O)C(=O)C3=C(O)c4c(O)ccc(-c5cccc(CNCc6ccccc6)c5)c4CC3CC12. The lowest BCUT2D eigenvalue weighted by Crippen LogP contribution is -2.65. The molecule has 0 heterocycles. The molecule has 0 saturated heterocycles. The number of nitrogens with zero attached hydrogens (tertiary/aromatic N) is 1. The number of nitrogens with two attached hydrogens (primary N) is 1. The first kappa shape index (κ1) is 30.3. The van der Waals surface area contributed by atoms with Crippen molar-refractivity contribution in [3.63, 3.8) is 0 Å². The minimum absolute atomic E-state index is 0.0320. The molecule has 232 valence electrons. The summed E-state index contributed by atoms with van der Waals surface area (Å²) in [4.78, 5) is 41.1. The van der Waals surface area contributed by atoms with Crippen molar-refractivity contribution in [3.05, 3.63) is 106 Å². The number of carbonyl (C=O) groups excluding carboxylic acids is 3. The van der Waals surface area contributed by atoms with Crippen molar-refractivity contribution in [2.45, 2.75) is 37.6 Å². The lowest BCUT2D eigenvalue weighted by atomic mass is 9.57. The Bertz CT molecular complexity index is 1800. The lowest BCUT2D eigenvalue weighted by Gasteiger charge is -2.50. The predicted molar refractivity (Wildman–Crippen MR) is 167 cm³/mol. The molecule has 1 saturated carbocycles. The van der Waals surface area contributed by atoms with Crippen LogP contribution >= 0.6 is 0 Å². The zero-order valence-corrected chi connectivity index (χ0v) is 24.9. The van der Waals surface area contributed by atoms with Crippen LogP contribution in [-0.2, 0) is 33.9 Å². The number of benzene rings is 3. The number of hydrogen-bond acceptors (Lipinski definition) is 9. The first-order chi connectivity index (χ1) is 21.4. The van der Waals surface area contributed by atoms with Gasteiger partial charge in [0.15, 0.2) is 11.4 Å². The molecule has 0 radical (unpaired) electrons. The number of phenolic OH excluding ortho intramolecular Hbond substituents is 1. The number of amides is 1. The highest BCUT2D eigenvalue weighted by Gasteiger charge is 2.64. The van der Waals surface area contributed by atoms with Gasteiger partial charge in [0.05, 0.1) is 11.6 Å². The molecule has 3 aromatic rings. The lowest BCUT2D eigenvalue weighted by molar-refractivity contribution is -0.153. The molecule has 0 bridgehead atoms. The Labute approximate surface area is 260 Å². The number of Topliss-reactive ketones (excluding diaryl/α,β-unsaturated/α-hetero) is 2. The summed E-state index contributed by atoms with van der Waals surface area (Å²) >= 11 is 0. The average Bonchev–Trinajstić information content (AvgIpc) is 2.99. The van der Waals surface area contributed by atoms with E-state index in [1.165, 1.54) is 16.5 Å². The van der Waals surface area contributed by atoms with Gasteiger partial charge in [-0.25, -0.2) is 0 Å². The zero-order chi connectivity index (χ0) is 32.2. The van der Waals surface area contributed by atoms with Crippen LogP contribution in [0.15, 0.2) is 83.6 Å². The summed E-state index contributed by atoms with van der Waals surface area (Å²) < 4.78 is 0. The van der Waals surface area contributed by atoms with E-state index in [9.17, 15) is 34.8 Å². The van der Waals surface area contributed by atoms with Gasteiger partial charge in [-0.05, 0) is 72.8 Å². The minimum Gasteiger partial charge on any atom is -0.508 e. The fourth-order valence-electron chi connectivity index (χ4n) is 7.31. The van der Waals surface area contributed by atoms with Gasteiger partial charge in [0, 0.05) is 24.6 Å². The van der Waals surface area contributed by atoms with Crippen molar-refractivity contribution in [2.75, 3.05) is 14.1 Å². The van der Waals surface area contributed by atoms with E-state index in [1.54, 1.807) is 20.2 Å². The molecule has 1 amide bonds. The molecular weight excluding hydrogens is 574 g/mol. The molecule has 0 aliphatic heterocycles. The van der Waals surface area contributed by atoms with Crippen LogP contribution < -0.4 is 11.1 Å². The van der Waals surface area contributed by atoms with E-state index in [-0.39, 0.29) is 29.7 Å². The fraction of sp³-hybridized carbons (Fsp3) is 0.286. The average molecular weight is 610 g/mol. The summed E-state index contributed by atoms with van der Waals surface area (Å²) in [7, 11) is 3.15. The Morgan fingerprint density at radius 1 is 0.978 bits per heavy atom. The third-order valence-electron chi connectivity index (χ3n) is 9.34. The van der Waals surface area contributed by atoms with E-state index in [2.05, 4.69) is 17.4 Å². The van der Waals surface area contributed by atoms with Gasteiger partial charge in [-0.2, -0.15) is 0 Å². The number of primary amides is 1. The van der Waals surface area contributed by atoms with Crippen LogP contribution in [0.25, 0.3) is 16.9 Å². The second-order valence-corrected chi connectivity index (χ2v) is 12.2. The second-order valence-electron chi connectivity index (χ2n) is 12.2. The number of aliphatic hydroxyl groups excluding tert-OH is 2. The number of likely N-dealkylation sites (N-methyl/N-ethyl adjacent to an activating group) is 1. The molecule has 4 unspecified atom stereocenters. The van der Waals surface area contributed by atoms with Crippen molar-refractivity contribution in [1.82, 2.24) is 10.2 Å². The topological polar surface area (TPSA) is 173 Å². The molecular formula is C35H35N3O7. The molecule has 1 fully saturated rings.